The normalized spacial score (nSPS) is 13.2. The van der Waals surface area contributed by atoms with Crippen molar-refractivity contribution in [1.29, 1.82) is 0 Å². The molecule has 6 aromatic rings. The SMILES string of the molecule is COc1ccc(N(c2ccc(OC)cc2)c2ccc3c(c2)C2(c4ccccc4Oc4ccccc42)c2cc(Br)ccc2-3)cc1. The van der Waals surface area contributed by atoms with Gasteiger partial charge >= 0.3 is 0 Å². The van der Waals surface area contributed by atoms with Gasteiger partial charge in [-0.25, -0.2) is 0 Å². The van der Waals surface area contributed by atoms with Crippen LogP contribution < -0.4 is 19.1 Å². The van der Waals surface area contributed by atoms with E-state index in [1.165, 1.54) is 22.3 Å². The summed E-state index contributed by atoms with van der Waals surface area (Å²) in [6.45, 7) is 0. The first-order chi connectivity index (χ1) is 21.6. The molecule has 0 saturated heterocycles. The second kappa shape index (κ2) is 10.3. The molecule has 0 unspecified atom stereocenters. The highest BCUT2D eigenvalue weighted by atomic mass is 79.9. The Kier molecular flexibility index (Phi) is 6.24. The Morgan fingerprint density at radius 1 is 0.523 bits per heavy atom. The third kappa shape index (κ3) is 3.89. The number of halogens is 1. The zero-order chi connectivity index (χ0) is 29.8. The Bertz CT molecular complexity index is 1940. The maximum Gasteiger partial charge on any atom is 0.132 e. The number of para-hydroxylation sites is 2. The van der Waals surface area contributed by atoms with Crippen molar-refractivity contribution in [2.24, 2.45) is 0 Å². The summed E-state index contributed by atoms with van der Waals surface area (Å²) >= 11 is 3.80. The van der Waals surface area contributed by atoms with Gasteiger partial charge in [0.1, 0.15) is 23.0 Å². The fourth-order valence-corrected chi connectivity index (χ4v) is 7.27. The number of rotatable bonds is 5. The van der Waals surface area contributed by atoms with Crippen LogP contribution in [0.2, 0.25) is 0 Å². The van der Waals surface area contributed by atoms with E-state index in [1.54, 1.807) is 14.2 Å². The summed E-state index contributed by atoms with van der Waals surface area (Å²) < 4.78 is 18.6. The second-order valence-corrected chi connectivity index (χ2v) is 11.9. The van der Waals surface area contributed by atoms with Crippen molar-refractivity contribution < 1.29 is 14.2 Å². The summed E-state index contributed by atoms with van der Waals surface area (Å²) in [4.78, 5) is 2.28. The van der Waals surface area contributed by atoms with Crippen LogP contribution in [0.3, 0.4) is 0 Å². The van der Waals surface area contributed by atoms with Crippen molar-refractivity contribution in [2.75, 3.05) is 19.1 Å². The zero-order valence-corrected chi connectivity index (χ0v) is 25.8. The van der Waals surface area contributed by atoms with Crippen LogP contribution in [0.4, 0.5) is 17.1 Å². The lowest BCUT2D eigenvalue weighted by atomic mass is 9.66. The summed E-state index contributed by atoms with van der Waals surface area (Å²) in [6, 6.07) is 46.7. The van der Waals surface area contributed by atoms with Gasteiger partial charge < -0.3 is 19.1 Å². The van der Waals surface area contributed by atoms with Gasteiger partial charge in [-0.3, -0.25) is 0 Å². The predicted molar refractivity (Wildman–Crippen MR) is 179 cm³/mol. The van der Waals surface area contributed by atoms with Gasteiger partial charge in [0.05, 0.1) is 19.6 Å². The molecule has 5 heteroatoms. The van der Waals surface area contributed by atoms with Gasteiger partial charge in [0, 0.05) is 32.7 Å². The molecule has 44 heavy (non-hydrogen) atoms. The number of nitrogens with zero attached hydrogens (tertiary/aromatic N) is 1. The van der Waals surface area contributed by atoms with E-state index in [0.717, 1.165) is 55.7 Å². The molecule has 1 aliphatic heterocycles. The van der Waals surface area contributed by atoms with Crippen molar-refractivity contribution in [3.05, 3.63) is 160 Å². The van der Waals surface area contributed by atoms with Crippen LogP contribution in [0.25, 0.3) is 11.1 Å². The van der Waals surface area contributed by atoms with Crippen molar-refractivity contribution >= 4 is 33.0 Å². The molecule has 1 aliphatic carbocycles. The molecule has 1 heterocycles. The number of fused-ring (bicyclic) bond motifs is 9. The van der Waals surface area contributed by atoms with Gasteiger partial charge in [0.15, 0.2) is 0 Å². The number of hydrogen-bond donors (Lipinski definition) is 0. The van der Waals surface area contributed by atoms with Crippen LogP contribution in [-0.4, -0.2) is 14.2 Å². The highest BCUT2D eigenvalue weighted by Gasteiger charge is 2.51. The molecule has 0 saturated carbocycles. The highest BCUT2D eigenvalue weighted by Crippen LogP contribution is 2.63. The van der Waals surface area contributed by atoms with E-state index in [2.05, 4.69) is 118 Å². The smallest absolute Gasteiger partial charge is 0.132 e. The van der Waals surface area contributed by atoms with Gasteiger partial charge in [-0.2, -0.15) is 0 Å². The molecule has 8 rings (SSSR count). The van der Waals surface area contributed by atoms with E-state index >= 15 is 0 Å². The number of ether oxygens (including phenoxy) is 3. The van der Waals surface area contributed by atoms with E-state index in [4.69, 9.17) is 14.2 Å². The van der Waals surface area contributed by atoms with E-state index in [-0.39, 0.29) is 0 Å². The van der Waals surface area contributed by atoms with Gasteiger partial charge in [0.25, 0.3) is 0 Å². The maximum absolute atomic E-state index is 6.54. The first kappa shape index (κ1) is 26.6. The Balaban J connectivity index is 1.43. The summed E-state index contributed by atoms with van der Waals surface area (Å²) in [5.74, 6) is 3.37. The first-order valence-electron chi connectivity index (χ1n) is 14.5. The van der Waals surface area contributed by atoms with Crippen LogP contribution in [0.1, 0.15) is 22.3 Å². The lowest BCUT2D eigenvalue weighted by Crippen LogP contribution is -2.32. The van der Waals surface area contributed by atoms with Crippen LogP contribution in [0.5, 0.6) is 23.0 Å². The van der Waals surface area contributed by atoms with Crippen molar-refractivity contribution in [1.82, 2.24) is 0 Å². The largest absolute Gasteiger partial charge is 0.497 e. The molecule has 0 radical (unpaired) electrons. The summed E-state index contributed by atoms with van der Waals surface area (Å²) in [6.07, 6.45) is 0. The number of benzene rings is 6. The summed E-state index contributed by atoms with van der Waals surface area (Å²) in [7, 11) is 3.38. The maximum atomic E-state index is 6.54. The molecular weight excluding hydrogens is 610 g/mol. The highest BCUT2D eigenvalue weighted by molar-refractivity contribution is 9.10. The molecule has 0 N–H and O–H groups in total. The molecule has 4 nitrogen and oxygen atoms in total. The minimum atomic E-state index is -0.568. The van der Waals surface area contributed by atoms with Gasteiger partial charge in [-0.15, -0.1) is 0 Å². The van der Waals surface area contributed by atoms with Crippen LogP contribution >= 0.6 is 15.9 Å². The van der Waals surface area contributed by atoms with E-state index in [0.29, 0.717) is 0 Å². The number of anilines is 3. The van der Waals surface area contributed by atoms with Crippen molar-refractivity contribution in [2.45, 2.75) is 5.41 Å². The minimum absolute atomic E-state index is 0.568. The molecule has 2 aliphatic rings. The Morgan fingerprint density at radius 2 is 1.00 bits per heavy atom. The topological polar surface area (TPSA) is 30.9 Å². The zero-order valence-electron chi connectivity index (χ0n) is 24.3. The van der Waals surface area contributed by atoms with Gasteiger partial charge in [0.2, 0.25) is 0 Å². The standard InChI is InChI=1S/C39H28BrNO3/c1-42-29-17-12-26(13-18-29)41(27-14-19-30(43-2)20-15-27)28-16-22-32-31-21-11-25(40)23-35(31)39(36(32)24-28)33-7-3-5-9-37(33)44-38-10-6-4-8-34(38)39/h3-24H,1-2H3. The minimum Gasteiger partial charge on any atom is -0.497 e. The van der Waals surface area contributed by atoms with Crippen molar-refractivity contribution in [3.63, 3.8) is 0 Å². The fourth-order valence-electron chi connectivity index (χ4n) is 6.91. The average Bonchev–Trinajstić information content (AvgIpc) is 3.35. The third-order valence-electron chi connectivity index (χ3n) is 8.80. The molecule has 214 valence electrons. The van der Waals surface area contributed by atoms with Crippen LogP contribution in [0, 0.1) is 0 Å². The lowest BCUT2D eigenvalue weighted by molar-refractivity contribution is 0.415. The Morgan fingerprint density at radius 3 is 1.55 bits per heavy atom. The molecule has 0 amide bonds. The molecular formula is C39H28BrNO3. The molecule has 0 aromatic heterocycles. The fraction of sp³-hybridized carbons (Fsp3) is 0.0769. The predicted octanol–water partition coefficient (Wildman–Crippen LogP) is 10.4. The summed E-state index contributed by atoms with van der Waals surface area (Å²) in [5.41, 5.74) is 9.69. The molecule has 0 bridgehead atoms. The van der Waals surface area contributed by atoms with E-state index in [9.17, 15) is 0 Å². The quantitative estimate of drug-likeness (QED) is 0.188. The second-order valence-electron chi connectivity index (χ2n) is 11.0. The van der Waals surface area contributed by atoms with E-state index < -0.39 is 5.41 Å². The monoisotopic (exact) mass is 637 g/mol. The van der Waals surface area contributed by atoms with Gasteiger partial charge in [-0.05, 0) is 107 Å². The number of methoxy groups -OCH3 is 2. The molecule has 1 spiro atoms. The van der Waals surface area contributed by atoms with E-state index in [1.807, 2.05) is 36.4 Å². The lowest BCUT2D eigenvalue weighted by Gasteiger charge is -2.39. The van der Waals surface area contributed by atoms with Crippen molar-refractivity contribution in [3.8, 4) is 34.1 Å². The Hall–Kier alpha value is -5.00. The summed E-state index contributed by atoms with van der Waals surface area (Å²) in [5, 5.41) is 0. The molecule has 6 aromatic carbocycles. The molecule has 0 fully saturated rings. The average molecular weight is 639 g/mol. The Labute approximate surface area is 265 Å². The first-order valence-corrected chi connectivity index (χ1v) is 15.3. The molecule has 0 atom stereocenters. The van der Waals surface area contributed by atoms with Crippen LogP contribution in [0.15, 0.2) is 138 Å². The van der Waals surface area contributed by atoms with Crippen LogP contribution in [-0.2, 0) is 5.41 Å². The third-order valence-corrected chi connectivity index (χ3v) is 9.30. The van der Waals surface area contributed by atoms with Gasteiger partial charge in [-0.1, -0.05) is 64.5 Å². The number of hydrogen-bond acceptors (Lipinski definition) is 4.